The number of nitrogens with one attached hydrogen (secondary N) is 1. The zero-order valence-electron chi connectivity index (χ0n) is 11.0. The van der Waals surface area contributed by atoms with E-state index in [1.807, 2.05) is 31.0 Å². The highest BCUT2D eigenvalue weighted by Gasteiger charge is 2.20. The van der Waals surface area contributed by atoms with Gasteiger partial charge in [-0.25, -0.2) is 0 Å². The molecule has 1 amide bonds. The van der Waals surface area contributed by atoms with Gasteiger partial charge in [0.25, 0.3) is 0 Å². The standard InChI is InChI=1S/C14H20N2O2/c1-11-5-6-13(18-11)7-8-14(17)16-9-3-4-12(10-16)15-2/h5-8,12,15H,3-4,9-10H2,1-2H3/b8-7+. The highest BCUT2D eigenvalue weighted by molar-refractivity contribution is 5.91. The second kappa shape index (κ2) is 5.87. The van der Waals surface area contributed by atoms with E-state index in [0.29, 0.717) is 6.04 Å². The molecule has 4 nitrogen and oxygen atoms in total. The predicted octanol–water partition coefficient (Wildman–Crippen LogP) is 1.81. The number of piperidine rings is 1. The molecule has 0 spiro atoms. The summed E-state index contributed by atoms with van der Waals surface area (Å²) >= 11 is 0. The van der Waals surface area contributed by atoms with E-state index in [0.717, 1.165) is 37.5 Å². The van der Waals surface area contributed by atoms with Gasteiger partial charge in [-0.15, -0.1) is 0 Å². The molecule has 2 rings (SSSR count). The van der Waals surface area contributed by atoms with Crippen molar-refractivity contribution in [2.45, 2.75) is 25.8 Å². The maximum absolute atomic E-state index is 12.0. The van der Waals surface area contributed by atoms with Crippen molar-refractivity contribution in [3.05, 3.63) is 29.7 Å². The first kappa shape index (κ1) is 12.9. The number of hydrogen-bond donors (Lipinski definition) is 1. The van der Waals surface area contributed by atoms with Crippen molar-refractivity contribution in [3.63, 3.8) is 0 Å². The van der Waals surface area contributed by atoms with E-state index >= 15 is 0 Å². The summed E-state index contributed by atoms with van der Waals surface area (Å²) in [5.41, 5.74) is 0. The molecule has 98 valence electrons. The van der Waals surface area contributed by atoms with Gasteiger partial charge in [-0.2, -0.15) is 0 Å². The van der Waals surface area contributed by atoms with Gasteiger partial charge in [-0.05, 0) is 45.0 Å². The Morgan fingerprint density at radius 3 is 3.06 bits per heavy atom. The molecule has 1 fully saturated rings. The van der Waals surface area contributed by atoms with Crippen LogP contribution in [0.2, 0.25) is 0 Å². The van der Waals surface area contributed by atoms with Gasteiger partial charge in [-0.1, -0.05) is 0 Å². The SMILES string of the molecule is CNC1CCCN(C(=O)/C=C/c2ccc(C)o2)C1. The Bertz CT molecular complexity index is 437. The average molecular weight is 248 g/mol. The van der Waals surface area contributed by atoms with E-state index in [2.05, 4.69) is 5.32 Å². The van der Waals surface area contributed by atoms with Crippen LogP contribution in [0.5, 0.6) is 0 Å². The summed E-state index contributed by atoms with van der Waals surface area (Å²) in [5.74, 6) is 1.64. The molecule has 1 atom stereocenters. The molecule has 1 N–H and O–H groups in total. The predicted molar refractivity (Wildman–Crippen MR) is 71.1 cm³/mol. The van der Waals surface area contributed by atoms with Gasteiger partial charge in [-0.3, -0.25) is 4.79 Å². The van der Waals surface area contributed by atoms with Gasteiger partial charge in [0.1, 0.15) is 11.5 Å². The van der Waals surface area contributed by atoms with Crippen molar-refractivity contribution in [2.75, 3.05) is 20.1 Å². The zero-order chi connectivity index (χ0) is 13.0. The van der Waals surface area contributed by atoms with Gasteiger partial charge in [0.05, 0.1) is 0 Å². The summed E-state index contributed by atoms with van der Waals surface area (Å²) in [6.45, 7) is 3.52. The first-order valence-corrected chi connectivity index (χ1v) is 6.39. The fraction of sp³-hybridized carbons (Fsp3) is 0.500. The molecule has 1 aliphatic rings. The second-order valence-corrected chi connectivity index (χ2v) is 4.69. The minimum atomic E-state index is 0.0593. The van der Waals surface area contributed by atoms with Gasteiger partial charge < -0.3 is 14.6 Å². The summed E-state index contributed by atoms with van der Waals surface area (Å²) in [4.78, 5) is 13.9. The van der Waals surface area contributed by atoms with Crippen molar-refractivity contribution in [1.82, 2.24) is 10.2 Å². The van der Waals surface area contributed by atoms with E-state index in [1.54, 1.807) is 12.2 Å². The molecule has 0 saturated carbocycles. The summed E-state index contributed by atoms with van der Waals surface area (Å²) in [6, 6.07) is 4.18. The third kappa shape index (κ3) is 3.23. The largest absolute Gasteiger partial charge is 0.462 e. The fourth-order valence-electron chi connectivity index (χ4n) is 2.21. The van der Waals surface area contributed by atoms with E-state index in [4.69, 9.17) is 4.42 Å². The summed E-state index contributed by atoms with van der Waals surface area (Å²) in [6.07, 6.45) is 5.53. The number of hydrogen-bond acceptors (Lipinski definition) is 3. The minimum Gasteiger partial charge on any atom is -0.462 e. The van der Waals surface area contributed by atoms with Crippen molar-refractivity contribution < 1.29 is 9.21 Å². The molecule has 0 bridgehead atoms. The van der Waals surface area contributed by atoms with E-state index in [1.165, 1.54) is 0 Å². The molecule has 2 heterocycles. The molecular weight excluding hydrogens is 228 g/mol. The van der Waals surface area contributed by atoms with Crippen molar-refractivity contribution >= 4 is 12.0 Å². The van der Waals surface area contributed by atoms with Gasteiger partial charge in [0.2, 0.25) is 5.91 Å². The highest BCUT2D eigenvalue weighted by atomic mass is 16.3. The molecule has 1 aromatic heterocycles. The van der Waals surface area contributed by atoms with Crippen LogP contribution in [0.25, 0.3) is 6.08 Å². The van der Waals surface area contributed by atoms with Gasteiger partial charge in [0, 0.05) is 25.2 Å². The van der Waals surface area contributed by atoms with Crippen molar-refractivity contribution in [1.29, 1.82) is 0 Å². The van der Waals surface area contributed by atoms with Crippen molar-refractivity contribution in [3.8, 4) is 0 Å². The molecule has 18 heavy (non-hydrogen) atoms. The van der Waals surface area contributed by atoms with Crippen LogP contribution in [0.3, 0.4) is 0 Å². The van der Waals surface area contributed by atoms with Gasteiger partial charge in [0.15, 0.2) is 0 Å². The maximum atomic E-state index is 12.0. The van der Waals surface area contributed by atoms with Crippen molar-refractivity contribution in [2.24, 2.45) is 0 Å². The fourth-order valence-corrected chi connectivity index (χ4v) is 2.21. The molecule has 1 aromatic rings. The number of amides is 1. The topological polar surface area (TPSA) is 45.5 Å². The normalized spacial score (nSPS) is 20.6. The van der Waals surface area contributed by atoms with Crippen LogP contribution in [0.1, 0.15) is 24.4 Å². The lowest BCUT2D eigenvalue weighted by Crippen LogP contribution is -2.46. The second-order valence-electron chi connectivity index (χ2n) is 4.69. The Morgan fingerprint density at radius 1 is 1.56 bits per heavy atom. The Morgan fingerprint density at radius 2 is 2.39 bits per heavy atom. The van der Waals surface area contributed by atoms with E-state index in [-0.39, 0.29) is 5.91 Å². The molecule has 0 aromatic carbocycles. The number of rotatable bonds is 3. The summed E-state index contributed by atoms with van der Waals surface area (Å²) in [5, 5.41) is 3.23. The Kier molecular flexibility index (Phi) is 4.20. The van der Waals surface area contributed by atoms with Crippen LogP contribution in [0.4, 0.5) is 0 Å². The molecule has 1 unspecified atom stereocenters. The number of aryl methyl sites for hydroxylation is 1. The highest BCUT2D eigenvalue weighted by Crippen LogP contribution is 2.12. The number of carbonyl (C=O) groups excluding carboxylic acids is 1. The first-order chi connectivity index (χ1) is 8.69. The number of carbonyl (C=O) groups is 1. The molecule has 1 saturated heterocycles. The summed E-state index contributed by atoms with van der Waals surface area (Å²) < 4.78 is 5.39. The number of likely N-dealkylation sites (tertiary alicyclic amines) is 1. The lowest BCUT2D eigenvalue weighted by molar-refractivity contribution is -0.127. The van der Waals surface area contributed by atoms with E-state index < -0.39 is 0 Å². The van der Waals surface area contributed by atoms with Gasteiger partial charge >= 0.3 is 0 Å². The van der Waals surface area contributed by atoms with Crippen LogP contribution >= 0.6 is 0 Å². The van der Waals surface area contributed by atoms with Crippen LogP contribution in [0, 0.1) is 6.92 Å². The number of likely N-dealkylation sites (N-methyl/N-ethyl adjacent to an activating group) is 1. The van der Waals surface area contributed by atoms with E-state index in [9.17, 15) is 4.79 Å². The lowest BCUT2D eigenvalue weighted by Gasteiger charge is -2.31. The minimum absolute atomic E-state index is 0.0593. The third-order valence-electron chi connectivity index (χ3n) is 3.29. The Hall–Kier alpha value is -1.55. The van der Waals surface area contributed by atoms with Crippen LogP contribution in [0.15, 0.2) is 22.6 Å². The molecule has 1 aliphatic heterocycles. The quantitative estimate of drug-likeness (QED) is 0.830. The molecule has 4 heteroatoms. The monoisotopic (exact) mass is 248 g/mol. The zero-order valence-corrected chi connectivity index (χ0v) is 11.0. The Balaban J connectivity index is 1.93. The maximum Gasteiger partial charge on any atom is 0.246 e. The average Bonchev–Trinajstić information content (AvgIpc) is 2.82. The number of furan rings is 1. The smallest absolute Gasteiger partial charge is 0.246 e. The first-order valence-electron chi connectivity index (χ1n) is 6.39. The molecule has 0 radical (unpaired) electrons. The lowest BCUT2D eigenvalue weighted by atomic mass is 10.1. The molecular formula is C14H20N2O2. The van der Waals surface area contributed by atoms with Crippen LogP contribution in [-0.4, -0.2) is 37.0 Å². The number of nitrogens with zero attached hydrogens (tertiary/aromatic N) is 1. The molecule has 0 aliphatic carbocycles. The van der Waals surface area contributed by atoms with Crippen LogP contribution in [-0.2, 0) is 4.79 Å². The summed E-state index contributed by atoms with van der Waals surface area (Å²) in [7, 11) is 1.94. The van der Waals surface area contributed by atoms with Crippen LogP contribution < -0.4 is 5.32 Å². The Labute approximate surface area is 108 Å². The third-order valence-corrected chi connectivity index (χ3v) is 3.29.